The van der Waals surface area contributed by atoms with Crippen LogP contribution in [-0.2, 0) is 13.5 Å². The molecule has 0 aliphatic rings. The van der Waals surface area contributed by atoms with E-state index in [0.29, 0.717) is 5.02 Å². The van der Waals surface area contributed by atoms with E-state index in [4.69, 9.17) is 11.6 Å². The Kier molecular flexibility index (Phi) is 4.33. The molecule has 1 atom stereocenters. The Bertz CT molecular complexity index is 509. The molecular weight excluding hydrogens is 248 g/mol. The van der Waals surface area contributed by atoms with Crippen molar-refractivity contribution >= 4 is 11.6 Å². The highest BCUT2D eigenvalue weighted by Crippen LogP contribution is 2.23. The van der Waals surface area contributed by atoms with Crippen LogP contribution < -0.4 is 5.32 Å². The van der Waals surface area contributed by atoms with Gasteiger partial charge >= 0.3 is 0 Å². The van der Waals surface area contributed by atoms with Crippen molar-refractivity contribution in [1.29, 1.82) is 0 Å². The van der Waals surface area contributed by atoms with Crippen molar-refractivity contribution in [3.05, 3.63) is 47.0 Å². The van der Waals surface area contributed by atoms with Crippen LogP contribution in [0.15, 0.2) is 30.7 Å². The Morgan fingerprint density at radius 2 is 2.33 bits per heavy atom. The van der Waals surface area contributed by atoms with E-state index in [2.05, 4.69) is 15.4 Å². The molecule has 1 unspecified atom stereocenters. The molecule has 0 spiro atoms. The zero-order valence-electron chi connectivity index (χ0n) is 10.6. The highest BCUT2D eigenvalue weighted by atomic mass is 35.5. The summed E-state index contributed by atoms with van der Waals surface area (Å²) in [5.74, 6) is 0. The minimum atomic E-state index is 0.166. The molecule has 2 rings (SSSR count). The minimum Gasteiger partial charge on any atom is -0.312 e. The molecular formula is C13H17ClN4. The summed E-state index contributed by atoms with van der Waals surface area (Å²) in [6.07, 6.45) is 7.60. The van der Waals surface area contributed by atoms with Crippen molar-refractivity contribution in [3.63, 3.8) is 0 Å². The molecule has 0 saturated heterocycles. The van der Waals surface area contributed by atoms with Crippen LogP contribution in [0.3, 0.4) is 0 Å². The van der Waals surface area contributed by atoms with Gasteiger partial charge in [-0.3, -0.25) is 9.67 Å². The minimum absolute atomic E-state index is 0.166. The summed E-state index contributed by atoms with van der Waals surface area (Å²) in [6.45, 7) is 0. The molecule has 0 aromatic carbocycles. The summed E-state index contributed by atoms with van der Waals surface area (Å²) in [5.41, 5.74) is 2.13. The number of nitrogens with one attached hydrogen (secondary N) is 1. The van der Waals surface area contributed by atoms with Crippen molar-refractivity contribution in [1.82, 2.24) is 20.1 Å². The third kappa shape index (κ3) is 3.09. The van der Waals surface area contributed by atoms with Crippen molar-refractivity contribution in [3.8, 4) is 0 Å². The van der Waals surface area contributed by atoms with E-state index in [1.54, 1.807) is 6.20 Å². The van der Waals surface area contributed by atoms with Crippen molar-refractivity contribution in [2.75, 3.05) is 7.05 Å². The van der Waals surface area contributed by atoms with Crippen LogP contribution in [-0.4, -0.2) is 21.8 Å². The van der Waals surface area contributed by atoms with Gasteiger partial charge in [-0.1, -0.05) is 11.6 Å². The maximum Gasteiger partial charge on any atom is 0.0758 e. The van der Waals surface area contributed by atoms with E-state index in [1.165, 1.54) is 5.56 Å². The SMILES string of the molecule is CNC(CCc1cnn(C)c1)c1ncccc1Cl. The first kappa shape index (κ1) is 13.1. The Morgan fingerprint density at radius 1 is 1.50 bits per heavy atom. The Morgan fingerprint density at radius 3 is 2.94 bits per heavy atom. The maximum atomic E-state index is 6.16. The largest absolute Gasteiger partial charge is 0.312 e. The average molecular weight is 265 g/mol. The van der Waals surface area contributed by atoms with Crippen LogP contribution in [0.1, 0.15) is 23.7 Å². The third-order valence-corrected chi connectivity index (χ3v) is 3.27. The maximum absolute atomic E-state index is 6.16. The first-order chi connectivity index (χ1) is 8.70. The van der Waals surface area contributed by atoms with E-state index in [-0.39, 0.29) is 6.04 Å². The monoisotopic (exact) mass is 264 g/mol. The molecule has 2 aromatic heterocycles. The number of aromatic nitrogens is 3. The lowest BCUT2D eigenvalue weighted by atomic mass is 10.0. The molecule has 2 aromatic rings. The number of pyridine rings is 1. The van der Waals surface area contributed by atoms with Crippen LogP contribution >= 0.6 is 11.6 Å². The first-order valence-corrected chi connectivity index (χ1v) is 6.33. The summed E-state index contributed by atoms with van der Waals surface area (Å²) in [4.78, 5) is 4.35. The average Bonchev–Trinajstić information content (AvgIpc) is 2.78. The molecule has 0 radical (unpaired) electrons. The Balaban J connectivity index is 2.04. The zero-order chi connectivity index (χ0) is 13.0. The number of hydrogen-bond donors (Lipinski definition) is 1. The molecule has 96 valence electrons. The van der Waals surface area contributed by atoms with Gasteiger partial charge in [-0.2, -0.15) is 5.10 Å². The summed E-state index contributed by atoms with van der Waals surface area (Å²) in [6, 6.07) is 3.89. The molecule has 18 heavy (non-hydrogen) atoms. The lowest BCUT2D eigenvalue weighted by Gasteiger charge is -2.16. The third-order valence-electron chi connectivity index (χ3n) is 2.95. The highest BCUT2D eigenvalue weighted by molar-refractivity contribution is 6.31. The van der Waals surface area contributed by atoms with Gasteiger partial charge in [0.2, 0.25) is 0 Å². The Hall–Kier alpha value is -1.39. The van der Waals surface area contributed by atoms with Gasteiger partial charge in [0.25, 0.3) is 0 Å². The molecule has 1 N–H and O–H groups in total. The lowest BCUT2D eigenvalue weighted by molar-refractivity contribution is 0.536. The standard InChI is InChI=1S/C13H17ClN4/c1-15-12(13-11(14)4-3-7-16-13)6-5-10-8-17-18(2)9-10/h3-4,7-9,12,15H,5-6H2,1-2H3. The highest BCUT2D eigenvalue weighted by Gasteiger charge is 2.14. The van der Waals surface area contributed by atoms with Gasteiger partial charge in [-0.25, -0.2) is 0 Å². The molecule has 0 aliphatic heterocycles. The summed E-state index contributed by atoms with van der Waals surface area (Å²) in [7, 11) is 3.85. The van der Waals surface area contributed by atoms with Crippen molar-refractivity contribution in [2.24, 2.45) is 7.05 Å². The number of aryl methyl sites for hydroxylation is 2. The van der Waals surface area contributed by atoms with Crippen LogP contribution in [0.4, 0.5) is 0 Å². The molecule has 2 heterocycles. The van der Waals surface area contributed by atoms with E-state index in [1.807, 2.05) is 43.3 Å². The van der Waals surface area contributed by atoms with Gasteiger partial charge in [0.15, 0.2) is 0 Å². The molecule has 0 bridgehead atoms. The topological polar surface area (TPSA) is 42.7 Å². The summed E-state index contributed by atoms with van der Waals surface area (Å²) >= 11 is 6.16. The van der Waals surface area contributed by atoms with E-state index in [9.17, 15) is 0 Å². The van der Waals surface area contributed by atoms with E-state index >= 15 is 0 Å². The van der Waals surface area contributed by atoms with Crippen LogP contribution in [0.25, 0.3) is 0 Å². The second kappa shape index (κ2) is 5.98. The predicted octanol–water partition coefficient (Wildman–Crippen LogP) is 2.36. The lowest BCUT2D eigenvalue weighted by Crippen LogP contribution is -2.18. The molecule has 4 nitrogen and oxygen atoms in total. The summed E-state index contributed by atoms with van der Waals surface area (Å²) < 4.78 is 1.82. The van der Waals surface area contributed by atoms with Gasteiger partial charge in [0, 0.05) is 19.4 Å². The van der Waals surface area contributed by atoms with Gasteiger partial charge < -0.3 is 5.32 Å². The second-order valence-corrected chi connectivity index (χ2v) is 4.68. The number of nitrogens with zero attached hydrogens (tertiary/aromatic N) is 3. The molecule has 0 saturated carbocycles. The second-order valence-electron chi connectivity index (χ2n) is 4.27. The quantitative estimate of drug-likeness (QED) is 0.902. The van der Waals surface area contributed by atoms with Crippen molar-refractivity contribution in [2.45, 2.75) is 18.9 Å². The summed E-state index contributed by atoms with van der Waals surface area (Å²) in [5, 5.41) is 8.14. The molecule has 0 fully saturated rings. The van der Waals surface area contributed by atoms with Gasteiger partial charge in [0.1, 0.15) is 0 Å². The van der Waals surface area contributed by atoms with Gasteiger partial charge in [0.05, 0.1) is 23.0 Å². The number of hydrogen-bond acceptors (Lipinski definition) is 3. The first-order valence-electron chi connectivity index (χ1n) is 5.96. The van der Waals surface area contributed by atoms with Crippen LogP contribution in [0.2, 0.25) is 5.02 Å². The van der Waals surface area contributed by atoms with Crippen LogP contribution in [0.5, 0.6) is 0 Å². The predicted molar refractivity (Wildman–Crippen MR) is 72.6 cm³/mol. The van der Waals surface area contributed by atoms with E-state index < -0.39 is 0 Å². The van der Waals surface area contributed by atoms with E-state index in [0.717, 1.165) is 18.5 Å². The molecule has 0 amide bonds. The van der Waals surface area contributed by atoms with Crippen molar-refractivity contribution < 1.29 is 0 Å². The Labute approximate surface area is 112 Å². The van der Waals surface area contributed by atoms with Gasteiger partial charge in [-0.15, -0.1) is 0 Å². The fourth-order valence-electron chi connectivity index (χ4n) is 1.98. The van der Waals surface area contributed by atoms with Gasteiger partial charge in [-0.05, 0) is 37.6 Å². The zero-order valence-corrected chi connectivity index (χ0v) is 11.4. The fourth-order valence-corrected chi connectivity index (χ4v) is 2.24. The van der Waals surface area contributed by atoms with Crippen LogP contribution in [0, 0.1) is 0 Å². The molecule has 0 aliphatic carbocycles. The normalized spacial score (nSPS) is 12.6. The smallest absolute Gasteiger partial charge is 0.0758 e. The number of halogens is 1. The fraction of sp³-hybridized carbons (Fsp3) is 0.385. The molecule has 5 heteroatoms. The number of rotatable bonds is 5.